The SMILES string of the molecule is Cc1nn(-c2ccccc2)c(CN2c3cccc4cccc(c34)S2(=O)=O)c1C#N. The fraction of sp³-hybridized carbons (Fsp3) is 0.0909. The van der Waals surface area contributed by atoms with E-state index in [0.717, 1.165) is 16.5 Å². The highest BCUT2D eigenvalue weighted by Gasteiger charge is 2.37. The second kappa shape index (κ2) is 6.19. The van der Waals surface area contributed by atoms with Crippen LogP contribution in [0.2, 0.25) is 0 Å². The Balaban J connectivity index is 1.71. The molecule has 0 atom stereocenters. The lowest BCUT2D eigenvalue weighted by molar-refractivity contribution is 0.592. The summed E-state index contributed by atoms with van der Waals surface area (Å²) in [5, 5.41) is 15.8. The van der Waals surface area contributed by atoms with E-state index in [-0.39, 0.29) is 6.54 Å². The number of rotatable bonds is 3. The van der Waals surface area contributed by atoms with Crippen LogP contribution in [0, 0.1) is 18.3 Å². The van der Waals surface area contributed by atoms with Gasteiger partial charge in [0.15, 0.2) is 0 Å². The van der Waals surface area contributed by atoms with E-state index < -0.39 is 10.0 Å². The van der Waals surface area contributed by atoms with Gasteiger partial charge in [-0.25, -0.2) is 13.1 Å². The molecule has 1 aromatic heterocycles. The lowest BCUT2D eigenvalue weighted by atomic mass is 10.1. The van der Waals surface area contributed by atoms with Gasteiger partial charge in [0.25, 0.3) is 10.0 Å². The first-order valence-electron chi connectivity index (χ1n) is 9.11. The minimum atomic E-state index is -3.73. The van der Waals surface area contributed by atoms with E-state index in [9.17, 15) is 13.7 Å². The number of hydrogen-bond acceptors (Lipinski definition) is 4. The zero-order valence-corrected chi connectivity index (χ0v) is 16.4. The maximum atomic E-state index is 13.3. The zero-order chi connectivity index (χ0) is 20.2. The van der Waals surface area contributed by atoms with Crippen molar-refractivity contribution in [2.24, 2.45) is 0 Å². The Bertz CT molecular complexity index is 1410. The predicted molar refractivity (Wildman–Crippen MR) is 110 cm³/mol. The summed E-state index contributed by atoms with van der Waals surface area (Å²) in [6.07, 6.45) is 0. The van der Waals surface area contributed by atoms with Crippen LogP contribution < -0.4 is 4.31 Å². The number of aryl methyl sites for hydroxylation is 1. The van der Waals surface area contributed by atoms with Crippen molar-refractivity contribution in [2.45, 2.75) is 18.4 Å². The van der Waals surface area contributed by atoms with Crippen LogP contribution in [-0.4, -0.2) is 18.2 Å². The maximum Gasteiger partial charge on any atom is 0.265 e. The van der Waals surface area contributed by atoms with Crippen molar-refractivity contribution in [3.63, 3.8) is 0 Å². The fourth-order valence-corrected chi connectivity index (χ4v) is 5.59. The lowest BCUT2D eigenvalue weighted by Crippen LogP contribution is -2.28. The molecule has 5 rings (SSSR count). The smallest absolute Gasteiger partial charge is 0.260 e. The Labute approximate surface area is 168 Å². The van der Waals surface area contributed by atoms with Crippen LogP contribution >= 0.6 is 0 Å². The molecule has 0 saturated carbocycles. The second-order valence-corrected chi connectivity index (χ2v) is 8.74. The van der Waals surface area contributed by atoms with Crippen LogP contribution in [-0.2, 0) is 16.6 Å². The number of anilines is 1. The van der Waals surface area contributed by atoms with Gasteiger partial charge in [0.05, 0.1) is 39.8 Å². The van der Waals surface area contributed by atoms with Gasteiger partial charge in [0, 0.05) is 5.39 Å². The van der Waals surface area contributed by atoms with Gasteiger partial charge in [0.1, 0.15) is 6.07 Å². The van der Waals surface area contributed by atoms with Crippen LogP contribution in [0.25, 0.3) is 16.5 Å². The summed E-state index contributed by atoms with van der Waals surface area (Å²) in [5.74, 6) is 0. The predicted octanol–water partition coefficient (Wildman–Crippen LogP) is 3.91. The third-order valence-electron chi connectivity index (χ3n) is 5.24. The molecule has 0 radical (unpaired) electrons. The molecular weight excluding hydrogens is 384 g/mol. The van der Waals surface area contributed by atoms with Crippen molar-refractivity contribution in [3.05, 3.63) is 83.7 Å². The van der Waals surface area contributed by atoms with Crippen molar-refractivity contribution in [2.75, 3.05) is 4.31 Å². The van der Waals surface area contributed by atoms with Gasteiger partial charge in [-0.15, -0.1) is 0 Å². The van der Waals surface area contributed by atoms with Crippen LogP contribution in [0.3, 0.4) is 0 Å². The van der Waals surface area contributed by atoms with Crippen molar-refractivity contribution in [1.82, 2.24) is 9.78 Å². The molecule has 0 amide bonds. The Morgan fingerprint density at radius 2 is 1.72 bits per heavy atom. The summed E-state index contributed by atoms with van der Waals surface area (Å²) in [5.41, 5.74) is 2.91. The molecule has 0 aliphatic carbocycles. The Kier molecular flexibility index (Phi) is 3.73. The van der Waals surface area contributed by atoms with Crippen molar-refractivity contribution >= 4 is 26.5 Å². The first kappa shape index (κ1) is 17.5. The molecule has 4 aromatic rings. The topological polar surface area (TPSA) is 79.0 Å². The van der Waals surface area contributed by atoms with E-state index in [4.69, 9.17) is 0 Å². The van der Waals surface area contributed by atoms with Gasteiger partial charge in [-0.05, 0) is 36.6 Å². The zero-order valence-electron chi connectivity index (χ0n) is 15.6. The summed E-state index contributed by atoms with van der Waals surface area (Å²) < 4.78 is 29.7. The molecule has 3 aromatic carbocycles. The summed E-state index contributed by atoms with van der Waals surface area (Å²) in [7, 11) is -3.73. The number of para-hydroxylation sites is 1. The molecule has 1 aliphatic heterocycles. The highest BCUT2D eigenvalue weighted by molar-refractivity contribution is 7.93. The molecule has 6 nitrogen and oxygen atoms in total. The molecule has 29 heavy (non-hydrogen) atoms. The summed E-state index contributed by atoms with van der Waals surface area (Å²) >= 11 is 0. The van der Waals surface area contributed by atoms with E-state index in [1.807, 2.05) is 48.5 Å². The molecular formula is C22H16N4O2S. The van der Waals surface area contributed by atoms with E-state index in [1.165, 1.54) is 4.31 Å². The molecule has 0 saturated heterocycles. The maximum absolute atomic E-state index is 13.3. The number of aromatic nitrogens is 2. The number of hydrogen-bond donors (Lipinski definition) is 0. The van der Waals surface area contributed by atoms with E-state index in [2.05, 4.69) is 11.2 Å². The Hall–Kier alpha value is -3.63. The van der Waals surface area contributed by atoms with Crippen LogP contribution in [0.1, 0.15) is 17.0 Å². The third-order valence-corrected chi connectivity index (χ3v) is 7.05. The molecule has 0 unspecified atom stereocenters. The normalized spacial score (nSPS) is 14.3. The average molecular weight is 400 g/mol. The fourth-order valence-electron chi connectivity index (χ4n) is 3.91. The van der Waals surface area contributed by atoms with Gasteiger partial charge in [-0.1, -0.05) is 42.5 Å². The second-order valence-electron chi connectivity index (χ2n) is 6.91. The van der Waals surface area contributed by atoms with Gasteiger partial charge in [0.2, 0.25) is 0 Å². The molecule has 142 valence electrons. The summed E-state index contributed by atoms with van der Waals surface area (Å²) in [6, 6.07) is 22.5. The minimum Gasteiger partial charge on any atom is -0.260 e. The van der Waals surface area contributed by atoms with Crippen molar-refractivity contribution in [1.29, 1.82) is 5.26 Å². The van der Waals surface area contributed by atoms with Crippen molar-refractivity contribution in [3.8, 4) is 11.8 Å². The monoisotopic (exact) mass is 400 g/mol. The Morgan fingerprint density at radius 1 is 1.00 bits per heavy atom. The highest BCUT2D eigenvalue weighted by atomic mass is 32.2. The number of benzene rings is 3. The summed E-state index contributed by atoms with van der Waals surface area (Å²) in [6.45, 7) is 1.78. The van der Waals surface area contributed by atoms with Gasteiger partial charge < -0.3 is 0 Å². The van der Waals surface area contributed by atoms with Gasteiger partial charge in [-0.2, -0.15) is 10.4 Å². The van der Waals surface area contributed by atoms with Crippen LogP contribution in [0.4, 0.5) is 5.69 Å². The molecule has 0 N–H and O–H groups in total. The first-order chi connectivity index (χ1) is 14.0. The van der Waals surface area contributed by atoms with E-state index in [0.29, 0.717) is 27.5 Å². The minimum absolute atomic E-state index is 0.0226. The quantitative estimate of drug-likeness (QED) is 0.522. The molecule has 7 heteroatoms. The molecule has 0 fully saturated rings. The van der Waals surface area contributed by atoms with Crippen LogP contribution in [0.15, 0.2) is 71.6 Å². The molecule has 2 heterocycles. The number of sulfonamides is 1. The van der Waals surface area contributed by atoms with E-state index in [1.54, 1.807) is 29.8 Å². The standard InChI is InChI=1S/C22H16N4O2S/c1-15-18(13-23)20(26(24-15)17-9-3-2-4-10-17)14-25-19-11-5-7-16-8-6-12-21(22(16)19)29(25,27)28/h2-12H,14H2,1H3. The number of nitriles is 1. The summed E-state index contributed by atoms with van der Waals surface area (Å²) in [4.78, 5) is 0.298. The van der Waals surface area contributed by atoms with Crippen LogP contribution in [0.5, 0.6) is 0 Å². The van der Waals surface area contributed by atoms with Gasteiger partial charge in [-0.3, -0.25) is 4.31 Å². The number of nitrogens with zero attached hydrogens (tertiary/aromatic N) is 4. The average Bonchev–Trinajstić information content (AvgIpc) is 3.17. The lowest BCUT2D eigenvalue weighted by Gasteiger charge is -2.20. The molecule has 0 spiro atoms. The Morgan fingerprint density at radius 3 is 2.45 bits per heavy atom. The van der Waals surface area contributed by atoms with Gasteiger partial charge >= 0.3 is 0 Å². The van der Waals surface area contributed by atoms with E-state index >= 15 is 0 Å². The first-order valence-corrected chi connectivity index (χ1v) is 10.5. The largest absolute Gasteiger partial charge is 0.265 e. The third kappa shape index (κ3) is 2.46. The molecule has 0 bridgehead atoms. The highest BCUT2D eigenvalue weighted by Crippen LogP contribution is 2.43. The molecule has 1 aliphatic rings. The van der Waals surface area contributed by atoms with Crippen molar-refractivity contribution < 1.29 is 8.42 Å².